The number of hydrogen-bond acceptors (Lipinski definition) is 3. The maximum atomic E-state index is 13.2. The van der Waals surface area contributed by atoms with Crippen molar-refractivity contribution in [1.82, 2.24) is 0 Å². The molecule has 0 saturated carbocycles. The molecule has 0 saturated heterocycles. The molecule has 26 heavy (non-hydrogen) atoms. The van der Waals surface area contributed by atoms with Crippen molar-refractivity contribution in [2.24, 2.45) is 0 Å². The van der Waals surface area contributed by atoms with Crippen molar-refractivity contribution >= 4 is 54.5 Å². The number of methoxy groups -OCH3 is 1. The molecule has 5 rings (SSSR count). The number of benzene rings is 3. The quantitative estimate of drug-likeness (QED) is 0.439. The Labute approximate surface area is 166 Å². The Hall–Kier alpha value is -1.95. The van der Waals surface area contributed by atoms with Gasteiger partial charge < -0.3 is 9.47 Å². The molecule has 3 aromatic carbocycles. The van der Waals surface area contributed by atoms with Crippen LogP contribution in [0.2, 0.25) is 0 Å². The first kappa shape index (κ1) is 16.2. The van der Waals surface area contributed by atoms with Crippen molar-refractivity contribution < 1.29 is 14.3 Å². The largest absolute Gasteiger partial charge is 0.456 e. The highest BCUT2D eigenvalue weighted by atomic mass is 79.9. The van der Waals surface area contributed by atoms with Crippen LogP contribution in [0.5, 0.6) is 11.5 Å². The van der Waals surface area contributed by atoms with Gasteiger partial charge in [-0.1, -0.05) is 50.1 Å². The molecule has 1 atom stereocenters. The molecule has 5 heteroatoms. The lowest BCUT2D eigenvalue weighted by Gasteiger charge is -2.40. The zero-order chi connectivity index (χ0) is 18.1. The van der Waals surface area contributed by atoms with E-state index in [0.717, 1.165) is 36.4 Å². The van der Waals surface area contributed by atoms with Gasteiger partial charge in [-0.15, -0.1) is 0 Å². The van der Waals surface area contributed by atoms with Crippen LogP contribution in [0.3, 0.4) is 0 Å². The summed E-state index contributed by atoms with van der Waals surface area (Å²) < 4.78 is 14.1. The molecule has 3 aromatic rings. The molecule has 0 amide bonds. The van der Waals surface area contributed by atoms with E-state index in [1.54, 1.807) is 13.2 Å². The number of carbonyl (C=O) groups is 1. The van der Waals surface area contributed by atoms with Gasteiger partial charge in [0.15, 0.2) is 11.4 Å². The van der Waals surface area contributed by atoms with Crippen molar-refractivity contribution in [1.29, 1.82) is 0 Å². The summed E-state index contributed by atoms with van der Waals surface area (Å²) in [6, 6.07) is 13.7. The topological polar surface area (TPSA) is 35.5 Å². The molecule has 1 aliphatic heterocycles. The van der Waals surface area contributed by atoms with E-state index in [-0.39, 0.29) is 5.78 Å². The average molecular weight is 472 g/mol. The van der Waals surface area contributed by atoms with Gasteiger partial charge in [0.1, 0.15) is 11.5 Å². The lowest BCUT2D eigenvalue weighted by atomic mass is 9.73. The van der Waals surface area contributed by atoms with Gasteiger partial charge in [0.2, 0.25) is 0 Å². The number of ketones is 1. The van der Waals surface area contributed by atoms with Crippen molar-refractivity contribution in [3.63, 3.8) is 0 Å². The molecule has 0 radical (unpaired) electrons. The molecular weight excluding hydrogens is 460 g/mol. The third-order valence-corrected chi connectivity index (χ3v) is 5.98. The van der Waals surface area contributed by atoms with E-state index in [1.807, 2.05) is 48.5 Å². The van der Waals surface area contributed by atoms with Crippen LogP contribution < -0.4 is 4.74 Å². The fourth-order valence-corrected chi connectivity index (χ4v) is 4.83. The smallest absolute Gasteiger partial charge is 0.197 e. The molecule has 0 fully saturated rings. The second-order valence-electron chi connectivity index (χ2n) is 6.36. The van der Waals surface area contributed by atoms with Gasteiger partial charge in [0.25, 0.3) is 0 Å². The van der Waals surface area contributed by atoms with E-state index in [2.05, 4.69) is 31.9 Å². The van der Waals surface area contributed by atoms with Crippen LogP contribution in [0.1, 0.15) is 16.7 Å². The number of ether oxygens (including phenoxy) is 2. The van der Waals surface area contributed by atoms with Crippen molar-refractivity contribution in [2.75, 3.05) is 7.11 Å². The Morgan fingerprint density at radius 2 is 1.77 bits per heavy atom. The zero-order valence-corrected chi connectivity index (χ0v) is 16.8. The summed E-state index contributed by atoms with van der Waals surface area (Å²) in [5.74, 6) is 1.18. The number of halogens is 2. The lowest BCUT2D eigenvalue weighted by Crippen LogP contribution is -2.42. The highest BCUT2D eigenvalue weighted by Gasteiger charge is 2.51. The number of carbonyl (C=O) groups excluding carboxylic acids is 1. The van der Waals surface area contributed by atoms with E-state index >= 15 is 0 Å². The highest BCUT2D eigenvalue weighted by Crippen LogP contribution is 2.55. The first-order valence-corrected chi connectivity index (χ1v) is 9.65. The van der Waals surface area contributed by atoms with Gasteiger partial charge in [-0.25, -0.2) is 0 Å². The Balaban J connectivity index is 1.97. The molecule has 0 bridgehead atoms. The predicted molar refractivity (Wildman–Crippen MR) is 108 cm³/mol. The highest BCUT2D eigenvalue weighted by molar-refractivity contribution is 9.10. The molecular formula is C21H12Br2O3. The SMILES string of the molecule is COC12C(=O)C=Cc3cc(Br)cc(c31)Oc1ccc3cc(Br)ccc3c12. The summed E-state index contributed by atoms with van der Waals surface area (Å²) in [5.41, 5.74) is 1.23. The van der Waals surface area contributed by atoms with Crippen LogP contribution in [0.4, 0.5) is 0 Å². The molecule has 1 heterocycles. The molecule has 3 nitrogen and oxygen atoms in total. The lowest BCUT2D eigenvalue weighted by molar-refractivity contribution is -0.132. The minimum absolute atomic E-state index is 0.101. The van der Waals surface area contributed by atoms with Crippen LogP contribution in [0, 0.1) is 0 Å². The number of rotatable bonds is 1. The van der Waals surface area contributed by atoms with E-state index in [4.69, 9.17) is 9.47 Å². The summed E-state index contributed by atoms with van der Waals surface area (Å²) in [4.78, 5) is 13.2. The van der Waals surface area contributed by atoms with Gasteiger partial charge >= 0.3 is 0 Å². The minimum Gasteiger partial charge on any atom is -0.456 e. The van der Waals surface area contributed by atoms with Crippen LogP contribution in [-0.2, 0) is 15.1 Å². The maximum Gasteiger partial charge on any atom is 0.197 e. The zero-order valence-electron chi connectivity index (χ0n) is 13.7. The van der Waals surface area contributed by atoms with Crippen molar-refractivity contribution in [3.8, 4) is 11.5 Å². The Bertz CT molecular complexity index is 1150. The molecule has 2 aliphatic rings. The summed E-state index contributed by atoms with van der Waals surface area (Å²) in [6.45, 7) is 0. The Kier molecular flexibility index (Phi) is 3.45. The fourth-order valence-electron chi connectivity index (χ4n) is 4.00. The molecule has 0 N–H and O–H groups in total. The Morgan fingerprint density at radius 1 is 0.923 bits per heavy atom. The van der Waals surface area contributed by atoms with Crippen LogP contribution in [0.15, 0.2) is 57.5 Å². The van der Waals surface area contributed by atoms with E-state index in [0.29, 0.717) is 11.5 Å². The molecule has 1 aliphatic carbocycles. The van der Waals surface area contributed by atoms with Gasteiger partial charge in [-0.2, -0.15) is 0 Å². The second-order valence-corrected chi connectivity index (χ2v) is 8.19. The van der Waals surface area contributed by atoms with Gasteiger partial charge in [-0.3, -0.25) is 4.79 Å². The third kappa shape index (κ3) is 1.99. The minimum atomic E-state index is -1.21. The first-order valence-electron chi connectivity index (χ1n) is 8.07. The van der Waals surface area contributed by atoms with E-state index in [9.17, 15) is 4.79 Å². The van der Waals surface area contributed by atoms with Crippen molar-refractivity contribution in [2.45, 2.75) is 5.60 Å². The van der Waals surface area contributed by atoms with Gasteiger partial charge in [0, 0.05) is 27.2 Å². The van der Waals surface area contributed by atoms with E-state index in [1.165, 1.54) is 0 Å². The summed E-state index contributed by atoms with van der Waals surface area (Å²) in [7, 11) is 1.58. The monoisotopic (exact) mass is 470 g/mol. The summed E-state index contributed by atoms with van der Waals surface area (Å²) >= 11 is 7.04. The summed E-state index contributed by atoms with van der Waals surface area (Å²) in [6.07, 6.45) is 3.41. The van der Waals surface area contributed by atoms with Gasteiger partial charge in [-0.05, 0) is 52.7 Å². The summed E-state index contributed by atoms with van der Waals surface area (Å²) in [5, 5.41) is 1.96. The molecule has 1 unspecified atom stereocenters. The average Bonchev–Trinajstić information content (AvgIpc) is 2.63. The normalized spacial score (nSPS) is 19.9. The number of hydrogen-bond donors (Lipinski definition) is 0. The standard InChI is InChI=1S/C21H12Br2O3/c1-25-21-18(24)7-3-12-9-14(23)10-17(19(12)21)26-16-6-2-11-8-13(22)4-5-15(11)20(16)21/h2-10H,1H3. The third-order valence-electron chi connectivity index (χ3n) is 5.03. The Morgan fingerprint density at radius 3 is 2.58 bits per heavy atom. The fraction of sp³-hybridized carbons (Fsp3) is 0.0952. The van der Waals surface area contributed by atoms with Crippen molar-refractivity contribution in [3.05, 3.63) is 74.2 Å². The van der Waals surface area contributed by atoms with Gasteiger partial charge in [0.05, 0.1) is 0 Å². The van der Waals surface area contributed by atoms with Crippen LogP contribution >= 0.6 is 31.9 Å². The van der Waals surface area contributed by atoms with Crippen LogP contribution in [0.25, 0.3) is 16.8 Å². The second kappa shape index (κ2) is 5.52. The molecule has 128 valence electrons. The first-order chi connectivity index (χ1) is 12.5. The molecule has 0 spiro atoms. The van der Waals surface area contributed by atoms with Crippen LogP contribution in [-0.4, -0.2) is 12.9 Å². The van der Waals surface area contributed by atoms with E-state index < -0.39 is 5.60 Å². The number of fused-ring (bicyclic) bond motifs is 4. The molecule has 0 aromatic heterocycles. The predicted octanol–water partition coefficient (Wildman–Crippen LogP) is 5.96. The maximum absolute atomic E-state index is 13.2.